The molecule has 32 heavy (non-hydrogen) atoms. The fourth-order valence-electron chi connectivity index (χ4n) is 2.75. The molecular weight excluding hydrogens is 396 g/mol. The highest BCUT2D eigenvalue weighted by Crippen LogP contribution is 2.26. The summed E-state index contributed by atoms with van der Waals surface area (Å²) in [5, 5.41) is 8.92. The van der Waals surface area contributed by atoms with E-state index in [2.05, 4.69) is 74.1 Å². The second-order valence-electron chi connectivity index (χ2n) is 8.97. The Hall–Kier alpha value is -1.35. The number of allylic oxidation sites excluding steroid dienone is 4. The zero-order chi connectivity index (χ0) is 25.7. The van der Waals surface area contributed by atoms with Gasteiger partial charge in [0.25, 0.3) is 0 Å². The number of aliphatic hydroxyl groups excluding tert-OH is 1. The van der Waals surface area contributed by atoms with Crippen LogP contribution in [-0.2, 0) is 9.53 Å². The van der Waals surface area contributed by atoms with Gasteiger partial charge in [-0.05, 0) is 70.6 Å². The van der Waals surface area contributed by atoms with Crippen molar-refractivity contribution in [1.82, 2.24) is 0 Å². The number of hydrogen-bond acceptors (Lipinski definition) is 3. The van der Waals surface area contributed by atoms with E-state index in [1.54, 1.807) is 0 Å². The van der Waals surface area contributed by atoms with Crippen molar-refractivity contribution in [2.75, 3.05) is 6.61 Å². The monoisotopic (exact) mass is 452 g/mol. The molecule has 4 atom stereocenters. The zero-order valence-electron chi connectivity index (χ0n) is 23.4. The van der Waals surface area contributed by atoms with E-state index in [0.717, 1.165) is 19.3 Å². The molecule has 0 radical (unpaired) electrons. The molecule has 0 saturated carbocycles. The van der Waals surface area contributed by atoms with Gasteiger partial charge in [0.15, 0.2) is 0 Å². The Labute approximate surface area is 201 Å². The molecule has 1 N–H and O–H groups in total. The van der Waals surface area contributed by atoms with E-state index in [9.17, 15) is 4.79 Å². The van der Waals surface area contributed by atoms with Crippen molar-refractivity contribution in [2.45, 2.75) is 121 Å². The molecule has 190 valence electrons. The van der Waals surface area contributed by atoms with Crippen LogP contribution >= 0.6 is 0 Å². The highest BCUT2D eigenvalue weighted by atomic mass is 16.5. The lowest BCUT2D eigenvalue weighted by Crippen LogP contribution is -2.19. The van der Waals surface area contributed by atoms with Crippen LogP contribution in [0.4, 0.5) is 0 Å². The number of carbonyl (C=O) groups excluding carboxylic acids is 1. The molecule has 0 aromatic rings. The summed E-state index contributed by atoms with van der Waals surface area (Å²) in [7, 11) is 0. The van der Waals surface area contributed by atoms with Crippen LogP contribution in [0.5, 0.6) is 0 Å². The summed E-state index contributed by atoms with van der Waals surface area (Å²) < 4.78 is 5.31. The fourth-order valence-corrected chi connectivity index (χ4v) is 2.75. The summed E-state index contributed by atoms with van der Waals surface area (Å²) in [6.07, 6.45) is 11.0. The van der Waals surface area contributed by atoms with E-state index < -0.39 is 5.97 Å². The molecule has 0 aromatic carbocycles. The van der Waals surface area contributed by atoms with Gasteiger partial charge in [-0.3, -0.25) is 0 Å². The summed E-state index contributed by atoms with van der Waals surface area (Å²) in [6.45, 7) is 26.8. The molecule has 0 saturated heterocycles. The van der Waals surface area contributed by atoms with Gasteiger partial charge in [-0.15, -0.1) is 0 Å². The summed E-state index contributed by atoms with van der Waals surface area (Å²) in [6, 6.07) is 0. The average Bonchev–Trinajstić information content (AvgIpc) is 2.79. The Morgan fingerprint density at radius 1 is 0.906 bits per heavy atom. The van der Waals surface area contributed by atoms with Crippen molar-refractivity contribution >= 4 is 5.97 Å². The molecule has 0 rings (SSSR count). The number of hydrogen-bond donors (Lipinski definition) is 1. The van der Waals surface area contributed by atoms with Crippen LogP contribution in [0.3, 0.4) is 0 Å². The lowest BCUT2D eigenvalue weighted by Gasteiger charge is -2.23. The van der Waals surface area contributed by atoms with Crippen molar-refractivity contribution in [2.24, 2.45) is 17.8 Å². The van der Waals surface area contributed by atoms with Gasteiger partial charge in [-0.1, -0.05) is 91.7 Å². The first-order valence-electron chi connectivity index (χ1n) is 12.9. The van der Waals surface area contributed by atoms with Gasteiger partial charge in [0, 0.05) is 0 Å². The molecule has 0 aliphatic rings. The smallest absolute Gasteiger partial charge is 0.336 e. The van der Waals surface area contributed by atoms with Crippen LogP contribution in [0.1, 0.15) is 115 Å². The molecule has 3 nitrogen and oxygen atoms in total. The van der Waals surface area contributed by atoms with E-state index in [-0.39, 0.29) is 18.3 Å². The molecular formula is C29H56O3. The first-order chi connectivity index (χ1) is 15.0. The lowest BCUT2D eigenvalue weighted by molar-refractivity contribution is -0.144. The van der Waals surface area contributed by atoms with E-state index in [4.69, 9.17) is 9.84 Å². The Bertz CT molecular complexity index is 531. The van der Waals surface area contributed by atoms with Gasteiger partial charge in [0.2, 0.25) is 0 Å². The van der Waals surface area contributed by atoms with Gasteiger partial charge >= 0.3 is 5.97 Å². The first kappa shape index (κ1) is 35.2. The van der Waals surface area contributed by atoms with E-state index in [0.29, 0.717) is 17.8 Å². The number of carbonyl (C=O) groups is 1. The Morgan fingerprint density at radius 2 is 1.38 bits per heavy atom. The van der Waals surface area contributed by atoms with Gasteiger partial charge < -0.3 is 9.84 Å². The van der Waals surface area contributed by atoms with Crippen molar-refractivity contribution in [3.8, 4) is 0 Å². The maximum absolute atomic E-state index is 11.6. The molecule has 0 amide bonds. The molecule has 0 bridgehead atoms. The maximum atomic E-state index is 11.6. The normalized spacial score (nSPS) is 15.2. The minimum atomic E-state index is -0.492. The van der Waals surface area contributed by atoms with Gasteiger partial charge in [-0.2, -0.15) is 0 Å². The number of ether oxygens (including phenoxy) is 1. The Kier molecular flexibility index (Phi) is 25.1. The minimum absolute atomic E-state index is 0.115. The largest absolute Gasteiger partial charge is 0.459 e. The maximum Gasteiger partial charge on any atom is 0.336 e. The SMILES string of the molecule is C=C(CO)C(=O)OC(C)CCC(C)C(C)CCC(C)/C(C)=C/C=C(\C)CC.CC.CCC. The summed E-state index contributed by atoms with van der Waals surface area (Å²) >= 11 is 0. The standard InChI is InChI=1S/C24H42O3.C3H8.C2H6/c1-9-17(2)10-11-18(3)19(4)12-13-20(5)21(6)14-15-23(8)27-24(26)22(7)16-25;1-3-2;1-2/h10-11,19-21,23,25H,7,9,12-16H2,1-6,8H3;3H2,1-2H3;1-2H3/b17-10+,18-11+;;. The Balaban J connectivity index is -0.00000154. The van der Waals surface area contributed by atoms with Crippen molar-refractivity contribution in [3.05, 3.63) is 35.5 Å². The summed E-state index contributed by atoms with van der Waals surface area (Å²) in [5.41, 5.74) is 2.98. The van der Waals surface area contributed by atoms with E-state index >= 15 is 0 Å². The second-order valence-corrected chi connectivity index (χ2v) is 8.97. The minimum Gasteiger partial charge on any atom is -0.459 e. The molecule has 0 heterocycles. The predicted molar refractivity (Wildman–Crippen MR) is 143 cm³/mol. The van der Waals surface area contributed by atoms with Crippen LogP contribution in [0.15, 0.2) is 35.5 Å². The van der Waals surface area contributed by atoms with Crippen LogP contribution in [-0.4, -0.2) is 23.8 Å². The van der Waals surface area contributed by atoms with Crippen LogP contribution in [0, 0.1) is 17.8 Å². The third kappa shape index (κ3) is 19.3. The lowest BCUT2D eigenvalue weighted by atomic mass is 9.84. The topological polar surface area (TPSA) is 46.5 Å². The van der Waals surface area contributed by atoms with Crippen LogP contribution in [0.2, 0.25) is 0 Å². The van der Waals surface area contributed by atoms with Crippen molar-refractivity contribution in [1.29, 1.82) is 0 Å². The fraction of sp³-hybridized carbons (Fsp3) is 0.759. The van der Waals surface area contributed by atoms with Crippen LogP contribution in [0.25, 0.3) is 0 Å². The highest BCUT2D eigenvalue weighted by molar-refractivity contribution is 5.88. The third-order valence-corrected chi connectivity index (χ3v) is 5.81. The third-order valence-electron chi connectivity index (χ3n) is 5.81. The van der Waals surface area contributed by atoms with E-state index in [1.165, 1.54) is 30.4 Å². The number of aliphatic hydroxyl groups is 1. The van der Waals surface area contributed by atoms with Crippen molar-refractivity contribution < 1.29 is 14.6 Å². The van der Waals surface area contributed by atoms with Gasteiger partial charge in [-0.25, -0.2) is 4.79 Å². The van der Waals surface area contributed by atoms with Crippen molar-refractivity contribution in [3.63, 3.8) is 0 Å². The number of esters is 1. The zero-order valence-corrected chi connectivity index (χ0v) is 23.4. The quantitative estimate of drug-likeness (QED) is 0.173. The molecule has 0 fully saturated rings. The van der Waals surface area contributed by atoms with Crippen LogP contribution < -0.4 is 0 Å². The molecule has 3 heteroatoms. The second kappa shape index (κ2) is 22.8. The molecule has 0 spiro atoms. The summed E-state index contributed by atoms with van der Waals surface area (Å²) in [4.78, 5) is 11.6. The Morgan fingerprint density at radius 3 is 1.81 bits per heavy atom. The van der Waals surface area contributed by atoms with Gasteiger partial charge in [0.1, 0.15) is 0 Å². The molecule has 0 aliphatic carbocycles. The highest BCUT2D eigenvalue weighted by Gasteiger charge is 2.17. The molecule has 0 aromatic heterocycles. The molecule has 4 unspecified atom stereocenters. The number of rotatable bonds is 13. The predicted octanol–water partition coefficient (Wildman–Crippen LogP) is 8.68. The van der Waals surface area contributed by atoms with E-state index in [1.807, 2.05) is 20.8 Å². The molecule has 0 aliphatic heterocycles. The first-order valence-corrected chi connectivity index (χ1v) is 12.9. The summed E-state index contributed by atoms with van der Waals surface area (Å²) in [5.74, 6) is 1.34. The van der Waals surface area contributed by atoms with Gasteiger partial charge in [0.05, 0.1) is 18.3 Å². The average molecular weight is 453 g/mol.